The molecule has 2 heterocycles. The Morgan fingerprint density at radius 3 is 2.48 bits per heavy atom. The number of unbranched alkanes of at least 4 members (excludes halogenated alkanes) is 4. The standard InChI is InChI=1S/C26H26FN3OS2/c1-2-3-4-5-9-16-29-25(31)23(33-26(29)32)17-20-18-30(22-10-7-6-8-11-22)28-24(20)19-12-14-21(27)15-13-19/h6-8,10-15,17-18H,2-5,9,16H2,1H3. The van der Waals surface area contributed by atoms with Crippen LogP contribution in [0.5, 0.6) is 0 Å². The van der Waals surface area contributed by atoms with Crippen molar-refractivity contribution in [2.24, 2.45) is 0 Å². The molecule has 1 amide bonds. The van der Waals surface area contributed by atoms with Crippen molar-refractivity contribution in [2.45, 2.75) is 39.0 Å². The largest absolute Gasteiger partial charge is 0.293 e. The third-order valence-electron chi connectivity index (χ3n) is 5.53. The van der Waals surface area contributed by atoms with E-state index in [-0.39, 0.29) is 11.7 Å². The van der Waals surface area contributed by atoms with Gasteiger partial charge in [-0.3, -0.25) is 9.69 Å². The molecule has 0 atom stereocenters. The highest BCUT2D eigenvalue weighted by molar-refractivity contribution is 8.26. The number of hydrogen-bond donors (Lipinski definition) is 0. The van der Waals surface area contributed by atoms with Gasteiger partial charge in [-0.25, -0.2) is 9.07 Å². The molecule has 0 unspecified atom stereocenters. The van der Waals surface area contributed by atoms with Gasteiger partial charge in [0.2, 0.25) is 0 Å². The molecule has 0 spiro atoms. The van der Waals surface area contributed by atoms with Crippen molar-refractivity contribution >= 4 is 40.3 Å². The van der Waals surface area contributed by atoms with Gasteiger partial charge in [0.1, 0.15) is 10.1 Å². The highest BCUT2D eigenvalue weighted by Gasteiger charge is 2.32. The van der Waals surface area contributed by atoms with Gasteiger partial charge in [0, 0.05) is 23.9 Å². The predicted octanol–water partition coefficient (Wildman–Crippen LogP) is 6.85. The van der Waals surface area contributed by atoms with Gasteiger partial charge in [0.15, 0.2) is 0 Å². The smallest absolute Gasteiger partial charge is 0.266 e. The molecule has 0 bridgehead atoms. The van der Waals surface area contributed by atoms with Crippen LogP contribution in [-0.4, -0.2) is 31.5 Å². The number of rotatable bonds is 9. The number of benzene rings is 2. The predicted molar refractivity (Wildman–Crippen MR) is 138 cm³/mol. The van der Waals surface area contributed by atoms with E-state index in [0.717, 1.165) is 29.7 Å². The highest BCUT2D eigenvalue weighted by atomic mass is 32.2. The molecule has 4 rings (SSSR count). The Morgan fingerprint density at radius 2 is 1.76 bits per heavy atom. The summed E-state index contributed by atoms with van der Waals surface area (Å²) in [4.78, 5) is 15.4. The molecule has 1 aliphatic rings. The summed E-state index contributed by atoms with van der Waals surface area (Å²) in [6.45, 7) is 2.84. The number of thioether (sulfide) groups is 1. The summed E-state index contributed by atoms with van der Waals surface area (Å²) in [5, 5.41) is 4.75. The van der Waals surface area contributed by atoms with Crippen LogP contribution in [0.3, 0.4) is 0 Å². The molecule has 1 aromatic heterocycles. The zero-order valence-corrected chi connectivity index (χ0v) is 20.2. The van der Waals surface area contributed by atoms with Crippen LogP contribution in [0.25, 0.3) is 23.0 Å². The third kappa shape index (κ3) is 5.60. The molecule has 0 saturated carbocycles. The molecule has 0 aliphatic carbocycles. The number of amides is 1. The Hall–Kier alpha value is -2.77. The summed E-state index contributed by atoms with van der Waals surface area (Å²) < 4.78 is 15.9. The van der Waals surface area contributed by atoms with Gasteiger partial charge in [-0.2, -0.15) is 5.10 Å². The van der Waals surface area contributed by atoms with Crippen molar-refractivity contribution in [3.63, 3.8) is 0 Å². The maximum Gasteiger partial charge on any atom is 0.266 e. The molecular weight excluding hydrogens is 453 g/mol. The van der Waals surface area contributed by atoms with E-state index in [0.29, 0.717) is 21.5 Å². The van der Waals surface area contributed by atoms with Crippen LogP contribution in [0.15, 0.2) is 65.7 Å². The van der Waals surface area contributed by atoms with Crippen LogP contribution < -0.4 is 0 Å². The quantitative estimate of drug-likeness (QED) is 0.191. The van der Waals surface area contributed by atoms with Gasteiger partial charge in [-0.05, 0) is 48.9 Å². The number of hydrogen-bond acceptors (Lipinski definition) is 4. The number of carbonyl (C=O) groups excluding carboxylic acids is 1. The number of nitrogens with zero attached hydrogens (tertiary/aromatic N) is 3. The van der Waals surface area contributed by atoms with E-state index in [1.165, 1.54) is 43.2 Å². The first-order valence-corrected chi connectivity index (χ1v) is 12.5. The molecule has 3 aromatic rings. The monoisotopic (exact) mass is 479 g/mol. The molecule has 2 aromatic carbocycles. The molecule has 0 N–H and O–H groups in total. The van der Waals surface area contributed by atoms with Gasteiger partial charge < -0.3 is 0 Å². The molecule has 0 radical (unpaired) electrons. The van der Waals surface area contributed by atoms with Gasteiger partial charge in [0.05, 0.1) is 16.3 Å². The molecule has 4 nitrogen and oxygen atoms in total. The van der Waals surface area contributed by atoms with Gasteiger partial charge in [0.25, 0.3) is 5.91 Å². The minimum Gasteiger partial charge on any atom is -0.293 e. The first-order chi connectivity index (χ1) is 16.1. The van der Waals surface area contributed by atoms with Crippen molar-refractivity contribution in [3.05, 3.63) is 77.1 Å². The fourth-order valence-electron chi connectivity index (χ4n) is 3.75. The number of carbonyl (C=O) groups is 1. The number of para-hydroxylation sites is 1. The Labute approximate surface area is 203 Å². The van der Waals surface area contributed by atoms with E-state index in [9.17, 15) is 9.18 Å². The Bertz CT molecular complexity index is 1160. The molecule has 1 aliphatic heterocycles. The molecule has 170 valence electrons. The third-order valence-corrected chi connectivity index (χ3v) is 6.90. The molecule has 7 heteroatoms. The zero-order chi connectivity index (χ0) is 23.2. The second kappa shape index (κ2) is 10.9. The van der Waals surface area contributed by atoms with Gasteiger partial charge in [-0.15, -0.1) is 0 Å². The van der Waals surface area contributed by atoms with Crippen LogP contribution in [0.1, 0.15) is 44.6 Å². The van der Waals surface area contributed by atoms with Crippen molar-refractivity contribution in [3.8, 4) is 16.9 Å². The summed E-state index contributed by atoms with van der Waals surface area (Å²) in [7, 11) is 0. The van der Waals surface area contributed by atoms with E-state index < -0.39 is 0 Å². The average molecular weight is 480 g/mol. The van der Waals surface area contributed by atoms with Crippen LogP contribution in [0, 0.1) is 5.82 Å². The van der Waals surface area contributed by atoms with Crippen LogP contribution in [0.4, 0.5) is 4.39 Å². The fraction of sp³-hybridized carbons (Fsp3) is 0.269. The molecule has 1 fully saturated rings. The van der Waals surface area contributed by atoms with Crippen molar-refractivity contribution < 1.29 is 9.18 Å². The first kappa shape index (κ1) is 23.4. The summed E-state index contributed by atoms with van der Waals surface area (Å²) in [5.74, 6) is -0.361. The number of thiocarbonyl (C=S) groups is 1. The summed E-state index contributed by atoms with van der Waals surface area (Å²) in [6.07, 6.45) is 9.38. The maximum absolute atomic E-state index is 13.5. The van der Waals surface area contributed by atoms with Crippen molar-refractivity contribution in [1.82, 2.24) is 14.7 Å². The van der Waals surface area contributed by atoms with E-state index in [1.54, 1.807) is 21.7 Å². The Balaban J connectivity index is 1.62. The van der Waals surface area contributed by atoms with E-state index in [1.807, 2.05) is 42.6 Å². The van der Waals surface area contributed by atoms with E-state index in [2.05, 4.69) is 6.92 Å². The van der Waals surface area contributed by atoms with Crippen LogP contribution in [0.2, 0.25) is 0 Å². The van der Waals surface area contributed by atoms with Crippen LogP contribution in [-0.2, 0) is 4.79 Å². The SMILES string of the molecule is CCCCCCCN1C(=O)C(=Cc2cn(-c3ccccc3)nc2-c2ccc(F)cc2)SC1=S. The minimum atomic E-state index is -0.303. The minimum absolute atomic E-state index is 0.0574. The lowest BCUT2D eigenvalue weighted by Gasteiger charge is -2.13. The number of halogens is 1. The van der Waals surface area contributed by atoms with Crippen molar-refractivity contribution in [1.29, 1.82) is 0 Å². The van der Waals surface area contributed by atoms with E-state index in [4.69, 9.17) is 17.3 Å². The zero-order valence-electron chi connectivity index (χ0n) is 18.5. The highest BCUT2D eigenvalue weighted by Crippen LogP contribution is 2.35. The fourth-order valence-corrected chi connectivity index (χ4v) is 5.04. The summed E-state index contributed by atoms with van der Waals surface area (Å²) in [6, 6.07) is 16.0. The lowest BCUT2D eigenvalue weighted by atomic mass is 10.1. The molecular formula is C26H26FN3OS2. The second-order valence-electron chi connectivity index (χ2n) is 7.97. The lowest BCUT2D eigenvalue weighted by Crippen LogP contribution is -2.29. The van der Waals surface area contributed by atoms with Gasteiger partial charge >= 0.3 is 0 Å². The molecule has 1 saturated heterocycles. The summed E-state index contributed by atoms with van der Waals surface area (Å²) in [5.41, 5.74) is 3.15. The summed E-state index contributed by atoms with van der Waals surface area (Å²) >= 11 is 6.83. The Kier molecular flexibility index (Phi) is 7.73. The maximum atomic E-state index is 13.5. The molecule has 33 heavy (non-hydrogen) atoms. The van der Waals surface area contributed by atoms with E-state index >= 15 is 0 Å². The number of aromatic nitrogens is 2. The second-order valence-corrected chi connectivity index (χ2v) is 9.64. The topological polar surface area (TPSA) is 38.1 Å². The average Bonchev–Trinajstić information content (AvgIpc) is 3.36. The first-order valence-electron chi connectivity index (χ1n) is 11.2. The van der Waals surface area contributed by atoms with Crippen LogP contribution >= 0.6 is 24.0 Å². The normalized spacial score (nSPS) is 15.1. The van der Waals surface area contributed by atoms with Crippen molar-refractivity contribution in [2.75, 3.05) is 6.54 Å². The van der Waals surface area contributed by atoms with Gasteiger partial charge in [-0.1, -0.05) is 74.8 Å². The Morgan fingerprint density at radius 1 is 1.03 bits per heavy atom. The lowest BCUT2D eigenvalue weighted by molar-refractivity contribution is -0.122.